The average molecular weight is 289 g/mol. The lowest BCUT2D eigenvalue weighted by Crippen LogP contribution is -2.39. The SMILES string of the molecule is CC(CC(=O)O)C1CCCN(c2ncnc3nc[nH]c23)C1. The minimum atomic E-state index is -0.724. The number of aromatic amines is 1. The number of piperidine rings is 1. The largest absolute Gasteiger partial charge is 0.481 e. The summed E-state index contributed by atoms with van der Waals surface area (Å²) in [5.74, 6) is 0.689. The first-order valence-electron chi connectivity index (χ1n) is 7.26. The van der Waals surface area contributed by atoms with Crippen molar-refractivity contribution >= 4 is 23.0 Å². The molecule has 0 aliphatic carbocycles. The van der Waals surface area contributed by atoms with Crippen molar-refractivity contribution in [1.82, 2.24) is 19.9 Å². The molecule has 1 aliphatic rings. The Balaban J connectivity index is 1.80. The molecule has 0 saturated carbocycles. The Morgan fingerprint density at radius 3 is 3.19 bits per heavy atom. The van der Waals surface area contributed by atoms with Crippen LogP contribution in [0.1, 0.15) is 26.2 Å². The number of nitrogens with one attached hydrogen (secondary N) is 1. The van der Waals surface area contributed by atoms with Gasteiger partial charge in [-0.3, -0.25) is 4.79 Å². The Kier molecular flexibility index (Phi) is 3.72. The van der Waals surface area contributed by atoms with E-state index in [0.29, 0.717) is 11.6 Å². The van der Waals surface area contributed by atoms with Gasteiger partial charge >= 0.3 is 5.97 Å². The molecule has 2 aromatic heterocycles. The van der Waals surface area contributed by atoms with Crippen LogP contribution in [-0.4, -0.2) is 44.1 Å². The number of imidazole rings is 1. The maximum atomic E-state index is 10.9. The van der Waals surface area contributed by atoms with Crippen molar-refractivity contribution < 1.29 is 9.90 Å². The van der Waals surface area contributed by atoms with E-state index < -0.39 is 5.97 Å². The summed E-state index contributed by atoms with van der Waals surface area (Å²) >= 11 is 0. The van der Waals surface area contributed by atoms with Crippen molar-refractivity contribution in [3.63, 3.8) is 0 Å². The van der Waals surface area contributed by atoms with Gasteiger partial charge in [-0.05, 0) is 24.7 Å². The summed E-state index contributed by atoms with van der Waals surface area (Å²) in [6, 6.07) is 0. The van der Waals surface area contributed by atoms with E-state index in [1.807, 2.05) is 6.92 Å². The number of hydrogen-bond donors (Lipinski definition) is 2. The second-order valence-corrected chi connectivity index (χ2v) is 5.72. The highest BCUT2D eigenvalue weighted by atomic mass is 16.4. The summed E-state index contributed by atoms with van der Waals surface area (Å²) in [5.41, 5.74) is 1.52. The number of carbonyl (C=O) groups is 1. The van der Waals surface area contributed by atoms with E-state index in [1.54, 1.807) is 6.33 Å². The third-order valence-electron chi connectivity index (χ3n) is 4.26. The molecule has 7 nitrogen and oxygen atoms in total. The Labute approximate surface area is 122 Å². The van der Waals surface area contributed by atoms with Gasteiger partial charge in [0.2, 0.25) is 0 Å². The maximum absolute atomic E-state index is 10.9. The van der Waals surface area contributed by atoms with Gasteiger partial charge in [0.25, 0.3) is 0 Å². The van der Waals surface area contributed by atoms with Gasteiger partial charge in [0.1, 0.15) is 11.8 Å². The average Bonchev–Trinajstić information content (AvgIpc) is 2.95. The lowest BCUT2D eigenvalue weighted by atomic mass is 9.84. The zero-order valence-electron chi connectivity index (χ0n) is 12.0. The van der Waals surface area contributed by atoms with Crippen molar-refractivity contribution in [3.8, 4) is 0 Å². The highest BCUT2D eigenvalue weighted by molar-refractivity contribution is 5.82. The van der Waals surface area contributed by atoms with E-state index in [-0.39, 0.29) is 12.3 Å². The number of rotatable bonds is 4. The number of aliphatic carboxylic acids is 1. The number of H-pyrrole nitrogens is 1. The van der Waals surface area contributed by atoms with Gasteiger partial charge in [-0.1, -0.05) is 6.92 Å². The Bertz CT molecular complexity index is 641. The zero-order valence-corrected chi connectivity index (χ0v) is 12.0. The van der Waals surface area contributed by atoms with Crippen LogP contribution in [0.2, 0.25) is 0 Å². The van der Waals surface area contributed by atoms with Gasteiger partial charge in [-0.25, -0.2) is 15.0 Å². The second-order valence-electron chi connectivity index (χ2n) is 5.72. The molecule has 3 rings (SSSR count). The summed E-state index contributed by atoms with van der Waals surface area (Å²) in [4.78, 5) is 28.9. The third-order valence-corrected chi connectivity index (χ3v) is 4.26. The van der Waals surface area contributed by atoms with Crippen molar-refractivity contribution in [2.45, 2.75) is 26.2 Å². The van der Waals surface area contributed by atoms with Gasteiger partial charge in [0.05, 0.1) is 6.33 Å². The van der Waals surface area contributed by atoms with Crippen LogP contribution in [-0.2, 0) is 4.79 Å². The number of nitrogens with zero attached hydrogens (tertiary/aromatic N) is 4. The number of aromatic nitrogens is 4. The summed E-state index contributed by atoms with van der Waals surface area (Å²) in [5, 5.41) is 8.96. The van der Waals surface area contributed by atoms with Gasteiger partial charge in [-0.15, -0.1) is 0 Å². The highest BCUT2D eigenvalue weighted by Crippen LogP contribution is 2.30. The molecule has 0 spiro atoms. The minimum Gasteiger partial charge on any atom is -0.481 e. The van der Waals surface area contributed by atoms with Crippen LogP contribution >= 0.6 is 0 Å². The third kappa shape index (κ3) is 2.81. The molecular formula is C14H19N5O2. The fraction of sp³-hybridized carbons (Fsp3) is 0.571. The van der Waals surface area contributed by atoms with E-state index in [1.165, 1.54) is 6.33 Å². The van der Waals surface area contributed by atoms with Crippen LogP contribution in [0.25, 0.3) is 11.2 Å². The second kappa shape index (κ2) is 5.67. The molecule has 0 aromatic carbocycles. The van der Waals surface area contributed by atoms with Crippen LogP contribution < -0.4 is 4.90 Å². The standard InChI is InChI=1S/C14H19N5O2/c1-9(5-11(20)21)10-3-2-4-19(6-10)14-12-13(16-7-15-12)17-8-18-14/h7-10H,2-6H2,1H3,(H,20,21)(H,15,16,17,18). The molecule has 112 valence electrons. The predicted octanol–water partition coefficient (Wildman–Crippen LogP) is 1.68. The molecule has 7 heteroatoms. The monoisotopic (exact) mass is 289 g/mol. The maximum Gasteiger partial charge on any atom is 0.303 e. The smallest absolute Gasteiger partial charge is 0.303 e. The van der Waals surface area contributed by atoms with E-state index in [9.17, 15) is 4.79 Å². The molecule has 3 heterocycles. The quantitative estimate of drug-likeness (QED) is 0.889. The van der Waals surface area contributed by atoms with Crippen LogP contribution in [0.15, 0.2) is 12.7 Å². The molecule has 2 atom stereocenters. The fourth-order valence-corrected chi connectivity index (χ4v) is 3.10. The van der Waals surface area contributed by atoms with Crippen LogP contribution in [0.5, 0.6) is 0 Å². The number of hydrogen-bond acceptors (Lipinski definition) is 5. The summed E-state index contributed by atoms with van der Waals surface area (Å²) < 4.78 is 0. The number of fused-ring (bicyclic) bond motifs is 1. The van der Waals surface area contributed by atoms with E-state index in [2.05, 4.69) is 24.8 Å². The van der Waals surface area contributed by atoms with Crippen molar-refractivity contribution in [1.29, 1.82) is 0 Å². The highest BCUT2D eigenvalue weighted by Gasteiger charge is 2.27. The molecule has 0 radical (unpaired) electrons. The molecule has 0 bridgehead atoms. The summed E-state index contributed by atoms with van der Waals surface area (Å²) in [7, 11) is 0. The van der Waals surface area contributed by atoms with Crippen LogP contribution in [0.3, 0.4) is 0 Å². The first-order chi connectivity index (χ1) is 10.1. The summed E-state index contributed by atoms with van der Waals surface area (Å²) in [6.45, 7) is 3.79. The molecule has 1 aliphatic heterocycles. The van der Waals surface area contributed by atoms with E-state index >= 15 is 0 Å². The van der Waals surface area contributed by atoms with E-state index in [0.717, 1.165) is 37.3 Å². The molecule has 21 heavy (non-hydrogen) atoms. The van der Waals surface area contributed by atoms with Gasteiger partial charge in [0.15, 0.2) is 11.5 Å². The van der Waals surface area contributed by atoms with Gasteiger partial charge < -0.3 is 15.0 Å². The van der Waals surface area contributed by atoms with Gasteiger partial charge in [0, 0.05) is 19.5 Å². The number of anilines is 1. The van der Waals surface area contributed by atoms with Crippen molar-refractivity contribution in [2.24, 2.45) is 11.8 Å². The normalized spacial score (nSPS) is 20.6. The van der Waals surface area contributed by atoms with Crippen molar-refractivity contribution in [2.75, 3.05) is 18.0 Å². The molecule has 0 amide bonds. The Morgan fingerprint density at radius 2 is 2.38 bits per heavy atom. The number of carboxylic acids is 1. The van der Waals surface area contributed by atoms with Gasteiger partial charge in [-0.2, -0.15) is 0 Å². The predicted molar refractivity (Wildman–Crippen MR) is 78.0 cm³/mol. The summed E-state index contributed by atoms with van der Waals surface area (Å²) in [6.07, 6.45) is 5.50. The molecule has 2 aromatic rings. The molecule has 1 fully saturated rings. The fourth-order valence-electron chi connectivity index (χ4n) is 3.10. The number of carboxylic acid groups (broad SMARTS) is 1. The lowest BCUT2D eigenvalue weighted by Gasteiger charge is -2.36. The lowest BCUT2D eigenvalue weighted by molar-refractivity contribution is -0.138. The minimum absolute atomic E-state index is 0.171. The first-order valence-corrected chi connectivity index (χ1v) is 7.26. The molecule has 2 N–H and O–H groups in total. The van der Waals surface area contributed by atoms with Crippen molar-refractivity contribution in [3.05, 3.63) is 12.7 Å². The van der Waals surface area contributed by atoms with E-state index in [4.69, 9.17) is 5.11 Å². The zero-order chi connectivity index (χ0) is 14.8. The molecule has 1 saturated heterocycles. The Morgan fingerprint density at radius 1 is 1.52 bits per heavy atom. The Hall–Kier alpha value is -2.18. The topological polar surface area (TPSA) is 95.0 Å². The van der Waals surface area contributed by atoms with Crippen LogP contribution in [0, 0.1) is 11.8 Å². The van der Waals surface area contributed by atoms with Crippen LogP contribution in [0.4, 0.5) is 5.82 Å². The molecular weight excluding hydrogens is 270 g/mol. The molecule has 2 unspecified atom stereocenters. The first kappa shape index (κ1) is 13.8.